The van der Waals surface area contributed by atoms with Crippen LogP contribution in [0.15, 0.2) is 27.4 Å². The Hall–Kier alpha value is -2.34. The number of aromatic carboxylic acids is 1. The van der Waals surface area contributed by atoms with Gasteiger partial charge in [0, 0.05) is 18.2 Å². The van der Waals surface area contributed by atoms with Crippen molar-refractivity contribution in [3.8, 4) is 5.75 Å². The fraction of sp³-hybridized carbons (Fsp3) is 0.333. The third-order valence-corrected chi connectivity index (χ3v) is 3.00. The van der Waals surface area contributed by atoms with Gasteiger partial charge in [0.05, 0.1) is 12.0 Å². The molecule has 1 aromatic heterocycles. The van der Waals surface area contributed by atoms with Gasteiger partial charge in [-0.05, 0) is 26.0 Å². The molecule has 0 bridgehead atoms. The molecule has 0 spiro atoms. The summed E-state index contributed by atoms with van der Waals surface area (Å²) < 4.78 is 16.0. The van der Waals surface area contributed by atoms with Gasteiger partial charge >= 0.3 is 5.97 Å². The predicted octanol–water partition coefficient (Wildman–Crippen LogP) is 2.21. The van der Waals surface area contributed by atoms with Crippen LogP contribution in [0.1, 0.15) is 23.0 Å². The molecule has 6 heteroatoms. The molecular formula is C15H16O6. The van der Waals surface area contributed by atoms with E-state index in [1.54, 1.807) is 19.1 Å². The molecule has 0 aliphatic rings. The van der Waals surface area contributed by atoms with Gasteiger partial charge in [-0.2, -0.15) is 0 Å². The summed E-state index contributed by atoms with van der Waals surface area (Å²) in [7, 11) is 0. The average molecular weight is 292 g/mol. The molecule has 0 fully saturated rings. The first-order valence-electron chi connectivity index (χ1n) is 6.56. The van der Waals surface area contributed by atoms with Crippen LogP contribution in [0.2, 0.25) is 0 Å². The second-order valence-corrected chi connectivity index (χ2v) is 4.39. The van der Waals surface area contributed by atoms with Crippen molar-refractivity contribution >= 4 is 16.9 Å². The van der Waals surface area contributed by atoms with E-state index < -0.39 is 11.4 Å². The van der Waals surface area contributed by atoms with E-state index in [1.807, 2.05) is 6.92 Å². The molecule has 0 radical (unpaired) electrons. The number of aryl methyl sites for hydroxylation is 1. The van der Waals surface area contributed by atoms with E-state index in [2.05, 4.69) is 0 Å². The maximum atomic E-state index is 11.9. The predicted molar refractivity (Wildman–Crippen MR) is 76.2 cm³/mol. The second kappa shape index (κ2) is 6.41. The van der Waals surface area contributed by atoms with Crippen LogP contribution in [0.5, 0.6) is 5.75 Å². The molecule has 2 rings (SSSR count). The Morgan fingerprint density at radius 3 is 2.76 bits per heavy atom. The third kappa shape index (κ3) is 3.22. The quantitative estimate of drug-likeness (QED) is 0.821. The van der Waals surface area contributed by atoms with Gasteiger partial charge < -0.3 is 19.0 Å². The monoisotopic (exact) mass is 292 g/mol. The first-order chi connectivity index (χ1) is 10.0. The van der Waals surface area contributed by atoms with E-state index in [0.717, 1.165) is 6.07 Å². The Morgan fingerprint density at radius 2 is 2.10 bits per heavy atom. The maximum absolute atomic E-state index is 11.9. The number of hydrogen-bond acceptors (Lipinski definition) is 5. The number of benzene rings is 1. The normalized spacial score (nSPS) is 10.8. The number of ether oxygens (including phenoxy) is 2. The van der Waals surface area contributed by atoms with Crippen LogP contribution < -0.4 is 10.2 Å². The molecule has 0 amide bonds. The Balaban J connectivity index is 2.40. The molecule has 0 atom stereocenters. The third-order valence-electron chi connectivity index (χ3n) is 3.00. The zero-order valence-corrected chi connectivity index (χ0v) is 11.8. The van der Waals surface area contributed by atoms with Crippen LogP contribution in [0.4, 0.5) is 0 Å². The lowest BCUT2D eigenvalue weighted by atomic mass is 10.1. The Bertz CT molecular complexity index is 716. The molecule has 1 heterocycles. The lowest BCUT2D eigenvalue weighted by Crippen LogP contribution is -2.09. The summed E-state index contributed by atoms with van der Waals surface area (Å²) in [4.78, 5) is 22.8. The summed E-state index contributed by atoms with van der Waals surface area (Å²) in [6, 6.07) is 4.20. The highest BCUT2D eigenvalue weighted by atomic mass is 16.5. The number of carbonyl (C=O) groups is 1. The highest BCUT2D eigenvalue weighted by Gasteiger charge is 2.14. The molecule has 1 aromatic carbocycles. The van der Waals surface area contributed by atoms with E-state index in [1.165, 1.54) is 0 Å². The van der Waals surface area contributed by atoms with E-state index in [4.69, 9.17) is 19.0 Å². The first-order valence-corrected chi connectivity index (χ1v) is 6.56. The van der Waals surface area contributed by atoms with Crippen molar-refractivity contribution in [3.05, 3.63) is 39.7 Å². The molecule has 2 aromatic rings. The molecule has 6 nitrogen and oxygen atoms in total. The van der Waals surface area contributed by atoms with Crippen molar-refractivity contribution in [1.82, 2.24) is 0 Å². The number of carboxylic acids is 1. The van der Waals surface area contributed by atoms with Gasteiger partial charge in [0.15, 0.2) is 5.43 Å². The molecule has 21 heavy (non-hydrogen) atoms. The second-order valence-electron chi connectivity index (χ2n) is 4.39. The molecule has 0 saturated carbocycles. The minimum atomic E-state index is -1.28. The minimum Gasteiger partial charge on any atom is -0.491 e. The smallest absolute Gasteiger partial charge is 0.371 e. The first kappa shape index (κ1) is 15.1. The van der Waals surface area contributed by atoms with Crippen LogP contribution in [0.25, 0.3) is 11.0 Å². The molecule has 0 saturated heterocycles. The van der Waals surface area contributed by atoms with Crippen molar-refractivity contribution in [2.24, 2.45) is 0 Å². The highest BCUT2D eigenvalue weighted by molar-refractivity contribution is 5.88. The van der Waals surface area contributed by atoms with Gasteiger partial charge in [-0.1, -0.05) is 0 Å². The van der Waals surface area contributed by atoms with Crippen LogP contribution in [-0.2, 0) is 4.74 Å². The van der Waals surface area contributed by atoms with Gasteiger partial charge in [-0.25, -0.2) is 4.79 Å². The molecular weight excluding hydrogens is 276 g/mol. The van der Waals surface area contributed by atoms with Crippen LogP contribution >= 0.6 is 0 Å². The summed E-state index contributed by atoms with van der Waals surface area (Å²) in [5.74, 6) is -1.13. The number of rotatable bonds is 6. The zero-order valence-electron chi connectivity index (χ0n) is 11.8. The van der Waals surface area contributed by atoms with Gasteiger partial charge in [0.1, 0.15) is 17.9 Å². The number of carboxylic acid groups (broad SMARTS) is 1. The van der Waals surface area contributed by atoms with Crippen molar-refractivity contribution in [1.29, 1.82) is 0 Å². The van der Waals surface area contributed by atoms with Gasteiger partial charge in [0.2, 0.25) is 5.76 Å². The summed E-state index contributed by atoms with van der Waals surface area (Å²) in [6.45, 7) is 5.03. The summed E-state index contributed by atoms with van der Waals surface area (Å²) in [5.41, 5.74) is 0.427. The lowest BCUT2D eigenvalue weighted by Gasteiger charge is -2.10. The summed E-state index contributed by atoms with van der Waals surface area (Å²) in [5, 5.41) is 9.28. The van der Waals surface area contributed by atoms with Crippen molar-refractivity contribution in [2.75, 3.05) is 19.8 Å². The SMILES string of the molecule is CCOCCOc1ccc2c(=O)cc(C(=O)O)oc2c1C. The lowest BCUT2D eigenvalue weighted by molar-refractivity contribution is 0.0663. The Labute approximate surface area is 120 Å². The highest BCUT2D eigenvalue weighted by Crippen LogP contribution is 2.26. The van der Waals surface area contributed by atoms with Crippen molar-refractivity contribution in [3.63, 3.8) is 0 Å². The minimum absolute atomic E-state index is 0.230. The number of hydrogen-bond donors (Lipinski definition) is 1. The maximum Gasteiger partial charge on any atom is 0.371 e. The van der Waals surface area contributed by atoms with E-state index in [-0.39, 0.29) is 11.3 Å². The van der Waals surface area contributed by atoms with Crippen molar-refractivity contribution in [2.45, 2.75) is 13.8 Å². The standard InChI is InChI=1S/C15H16O6/c1-3-19-6-7-20-12-5-4-10-11(16)8-13(15(17)18)21-14(10)9(12)2/h4-5,8H,3,6-7H2,1-2H3,(H,17,18). The van der Waals surface area contributed by atoms with E-state index in [9.17, 15) is 9.59 Å². The molecule has 112 valence electrons. The fourth-order valence-corrected chi connectivity index (χ4v) is 1.95. The van der Waals surface area contributed by atoms with Crippen LogP contribution in [0.3, 0.4) is 0 Å². The summed E-state index contributed by atoms with van der Waals surface area (Å²) in [6.07, 6.45) is 0. The Kier molecular flexibility index (Phi) is 4.59. The molecule has 1 N–H and O–H groups in total. The summed E-state index contributed by atoms with van der Waals surface area (Å²) >= 11 is 0. The van der Waals surface area contributed by atoms with E-state index in [0.29, 0.717) is 36.5 Å². The Morgan fingerprint density at radius 1 is 1.33 bits per heavy atom. The van der Waals surface area contributed by atoms with Crippen LogP contribution in [0, 0.1) is 6.92 Å². The van der Waals surface area contributed by atoms with Gasteiger partial charge in [-0.3, -0.25) is 4.79 Å². The topological polar surface area (TPSA) is 86.0 Å². The molecule has 0 aliphatic heterocycles. The van der Waals surface area contributed by atoms with Crippen molar-refractivity contribution < 1.29 is 23.8 Å². The number of fused-ring (bicyclic) bond motifs is 1. The fourth-order valence-electron chi connectivity index (χ4n) is 1.95. The van der Waals surface area contributed by atoms with Gasteiger partial charge in [-0.15, -0.1) is 0 Å². The molecule has 0 unspecified atom stereocenters. The van der Waals surface area contributed by atoms with E-state index >= 15 is 0 Å². The average Bonchev–Trinajstić information content (AvgIpc) is 2.46. The van der Waals surface area contributed by atoms with Crippen LogP contribution in [-0.4, -0.2) is 30.9 Å². The zero-order chi connectivity index (χ0) is 15.4. The largest absolute Gasteiger partial charge is 0.491 e. The van der Waals surface area contributed by atoms with Gasteiger partial charge in [0.25, 0.3) is 0 Å². The molecule has 0 aliphatic carbocycles.